The first-order chi connectivity index (χ1) is 70.8. The Morgan fingerprint density at radius 3 is 0.852 bits per heavy atom. The summed E-state index contributed by atoms with van der Waals surface area (Å²) in [5.41, 5.74) is 7.86. The number of ether oxygens (including phenoxy) is 6. The highest BCUT2D eigenvalue weighted by Crippen LogP contribution is 2.59. The lowest BCUT2D eigenvalue weighted by Gasteiger charge is -2.48. The molecule has 5 fully saturated rings. The molecule has 0 radical (unpaired) electrons. The highest BCUT2D eigenvalue weighted by atomic mass is 16.6. The Morgan fingerprint density at radius 2 is 0.611 bits per heavy atom. The number of H-pyrrole nitrogens is 4. The van der Waals surface area contributed by atoms with E-state index < -0.39 is 61.6 Å². The fourth-order valence-electron chi connectivity index (χ4n) is 24.6. The Balaban J connectivity index is 0.000000135. The molecule has 20 rings (SSSR count). The summed E-state index contributed by atoms with van der Waals surface area (Å²) in [7, 11) is 3.28. The van der Waals surface area contributed by atoms with Crippen molar-refractivity contribution in [3.8, 4) is 49.4 Å². The van der Waals surface area contributed by atoms with E-state index in [1.165, 1.54) is 41.5 Å². The van der Waals surface area contributed by atoms with E-state index in [0.717, 1.165) is 164 Å². The van der Waals surface area contributed by atoms with Crippen LogP contribution in [0.25, 0.3) is 22.3 Å². The number of benzene rings is 4. The van der Waals surface area contributed by atoms with Crippen LogP contribution < -0.4 is 0 Å². The number of imidazole rings is 4. The minimum atomic E-state index is -1.33. The van der Waals surface area contributed by atoms with Crippen molar-refractivity contribution < 1.29 is 93.6 Å². The van der Waals surface area contributed by atoms with E-state index in [4.69, 9.17) is 54.1 Å². The smallest absolute Gasteiger partial charge is 0.202 e. The number of nitrogens with zero attached hydrogens (tertiary/aromatic N) is 4. The molecule has 12 aliphatic rings. The molecule has 8 aliphatic heterocycles. The number of aliphatic hydroxyl groups excluding tert-OH is 6. The van der Waals surface area contributed by atoms with Gasteiger partial charge in [-0.05, 0) is 238 Å². The summed E-state index contributed by atoms with van der Waals surface area (Å²) in [5, 5.41) is 96.8. The number of aliphatic hydroxyl groups is 9. The summed E-state index contributed by atoms with van der Waals surface area (Å²) in [6.07, 6.45) is 64.5. The van der Waals surface area contributed by atoms with Gasteiger partial charge in [0.2, 0.25) is 23.1 Å². The summed E-state index contributed by atoms with van der Waals surface area (Å²) in [6, 6.07) is 23.9. The maximum absolute atomic E-state index is 13.2. The largest absolute Gasteiger partial charge is 0.393 e. The number of nitrogens with one attached hydrogen (secondary N) is 4. The number of allylic oxidation sites excluding steroid dienone is 8. The topological polar surface area (TPSA) is 420 Å². The monoisotopic (exact) mass is 2020 g/mol. The van der Waals surface area contributed by atoms with Gasteiger partial charge < -0.3 is 94.3 Å². The third-order valence-electron chi connectivity index (χ3n) is 33.2. The molecule has 4 aromatic heterocycles. The molecular formula is C122H142N8O19. The van der Waals surface area contributed by atoms with Gasteiger partial charge in [-0.2, -0.15) is 0 Å². The number of aromatic nitrogens is 8. The van der Waals surface area contributed by atoms with Crippen LogP contribution in [0.4, 0.5) is 0 Å². The van der Waals surface area contributed by atoms with Gasteiger partial charge in [-0.1, -0.05) is 194 Å². The fraction of sp³-hybridized carbons (Fsp3) is 0.492. The first kappa shape index (κ1) is 108. The molecule has 0 spiro atoms. The molecule has 4 unspecified atom stereocenters. The molecule has 4 aromatic carbocycles. The number of hydrogen-bond acceptors (Lipinski definition) is 23. The van der Waals surface area contributed by atoms with Crippen molar-refractivity contribution in [2.24, 2.45) is 21.7 Å². The number of rotatable bonds is 30. The summed E-state index contributed by atoms with van der Waals surface area (Å²) in [5.74, 6) is 10.5. The second-order valence-electron chi connectivity index (χ2n) is 47.2. The zero-order valence-electron chi connectivity index (χ0n) is 87.3. The van der Waals surface area contributed by atoms with E-state index >= 15 is 0 Å². The average molecular weight is 2020 g/mol. The van der Waals surface area contributed by atoms with E-state index in [-0.39, 0.29) is 165 Å². The third kappa shape index (κ3) is 23.1. The summed E-state index contributed by atoms with van der Waals surface area (Å²) < 4.78 is 35.8. The van der Waals surface area contributed by atoms with Crippen LogP contribution in [0.5, 0.6) is 0 Å². The number of carbonyl (C=O) groups excluding carboxylic acids is 4. The molecule has 12 atom stereocenters. The average Bonchev–Trinajstić information content (AvgIpc) is 1.58. The first-order valence-electron chi connectivity index (χ1n) is 52.0. The number of Topliss-reactive ketones (excluding diaryl/α,β-unsaturated/α-hetero) is 4. The van der Waals surface area contributed by atoms with E-state index in [1.54, 1.807) is 38.5 Å². The van der Waals surface area contributed by atoms with E-state index in [9.17, 15) is 65.1 Å². The minimum absolute atomic E-state index is 0.0340. The highest BCUT2D eigenvalue weighted by molar-refractivity contribution is 5.98. The van der Waals surface area contributed by atoms with Crippen molar-refractivity contribution in [2.75, 3.05) is 67.1 Å². The molecule has 27 heteroatoms. The van der Waals surface area contributed by atoms with Crippen LogP contribution >= 0.6 is 0 Å². The number of terminal acetylenes is 4. The molecule has 8 aromatic rings. The zero-order chi connectivity index (χ0) is 106. The van der Waals surface area contributed by atoms with Crippen molar-refractivity contribution in [1.29, 1.82) is 0 Å². The maximum atomic E-state index is 13.2. The van der Waals surface area contributed by atoms with Gasteiger partial charge >= 0.3 is 0 Å². The lowest BCUT2D eigenvalue weighted by atomic mass is 9.73. The molecule has 12 heterocycles. The summed E-state index contributed by atoms with van der Waals surface area (Å²) in [4.78, 5) is 80.6. The minimum Gasteiger partial charge on any atom is -0.393 e. The van der Waals surface area contributed by atoms with Gasteiger partial charge in [0, 0.05) is 78.4 Å². The Bertz CT molecular complexity index is 6580. The van der Waals surface area contributed by atoms with Crippen molar-refractivity contribution in [2.45, 2.75) is 290 Å². The Hall–Kier alpha value is -11.8. The Kier molecular flexibility index (Phi) is 30.6. The molecular weight excluding hydrogens is 1880 g/mol. The molecule has 0 saturated carbocycles. The Labute approximate surface area is 873 Å². The van der Waals surface area contributed by atoms with E-state index in [0.29, 0.717) is 60.0 Å². The lowest BCUT2D eigenvalue weighted by molar-refractivity contribution is -0.225. The molecule has 0 amide bonds. The standard InChI is InChI=1S/C32H38N2O5.2C30H34N2O5.C30H36N2O4/c1-6-25-17-33-28(34-25)27(35)15-23-7-8-24(16-26(23)22-9-11-29(2,3)12-10-22)32(36)18-30(20-37-4)13-14-31(19-32,39-30)21-38-5;2*1-4-23-15-31-26(32-23)25(35)13-21-5-6-22(14-24(21)20-7-9-27(2,3)10-8-20)30(36)16-28(18-33)11-12-29(17-30,19-34)37-28;1-4-24-17-31-27(32-24)26(35)14-22-6-5-21(13-25(22)20-7-9-28(2,3)10-8-20)23-15-29(18-33)11-12-30(16-23,19-34)36-29/h1,7-9,13-14,16-17,36H,10-12,15,18-21H2,2-5H3,(H,33,34);2*1,5-7,11-12,14-15,33-34,36H,8-10,13,16-19H2,2-3H3,(H,31,32);1,5-7,13,17,23,33-34H,8-12,14-16,18-19H2,2-3H3,(H,31,32)/t30-,31+,32?;2*28-,29+,30?;23?,29-,30+. The van der Waals surface area contributed by atoms with Gasteiger partial charge in [-0.25, -0.2) is 19.9 Å². The van der Waals surface area contributed by atoms with Crippen LogP contribution in [-0.2, 0) is 70.9 Å². The molecule has 5 saturated heterocycles. The normalized spacial score (nSPS) is 29.6. The van der Waals surface area contributed by atoms with Gasteiger partial charge in [0.05, 0.1) is 106 Å². The van der Waals surface area contributed by atoms with Crippen LogP contribution in [0.1, 0.15) is 335 Å². The van der Waals surface area contributed by atoms with Crippen molar-refractivity contribution in [3.63, 3.8) is 0 Å². The Morgan fingerprint density at radius 1 is 0.356 bits per heavy atom. The molecule has 784 valence electrons. The van der Waals surface area contributed by atoms with E-state index in [2.05, 4.69) is 168 Å². The number of methoxy groups -OCH3 is 2. The third-order valence-corrected chi connectivity index (χ3v) is 33.2. The number of carbonyl (C=O) groups is 4. The van der Waals surface area contributed by atoms with Gasteiger partial charge in [0.25, 0.3) is 0 Å². The molecule has 27 nitrogen and oxygen atoms in total. The molecule has 8 bridgehead atoms. The van der Waals surface area contributed by atoms with Crippen molar-refractivity contribution >= 4 is 45.4 Å². The predicted molar refractivity (Wildman–Crippen MR) is 567 cm³/mol. The molecule has 149 heavy (non-hydrogen) atoms. The van der Waals surface area contributed by atoms with Crippen LogP contribution in [0.3, 0.4) is 0 Å². The quantitative estimate of drug-likeness (QED) is 0.0113. The predicted octanol–water partition coefficient (Wildman–Crippen LogP) is 16.2. The number of aromatic amines is 4. The van der Waals surface area contributed by atoms with Gasteiger partial charge in [0.15, 0.2) is 23.3 Å². The van der Waals surface area contributed by atoms with Crippen LogP contribution in [-0.4, -0.2) is 221 Å². The van der Waals surface area contributed by atoms with E-state index in [1.807, 2.05) is 60.7 Å². The van der Waals surface area contributed by atoms with Crippen LogP contribution in [0.15, 0.2) is 158 Å². The van der Waals surface area contributed by atoms with Gasteiger partial charge in [0.1, 0.15) is 56.4 Å². The summed E-state index contributed by atoms with van der Waals surface area (Å²) >= 11 is 0. The van der Waals surface area contributed by atoms with Crippen LogP contribution in [0, 0.1) is 71.0 Å². The van der Waals surface area contributed by atoms with Crippen molar-refractivity contribution in [3.05, 3.63) is 271 Å². The second kappa shape index (κ2) is 42.1. The second-order valence-corrected chi connectivity index (χ2v) is 47.2. The number of hydrogen-bond donors (Lipinski definition) is 13. The lowest BCUT2D eigenvalue weighted by Crippen LogP contribution is -2.55. The summed E-state index contributed by atoms with van der Waals surface area (Å²) in [6.45, 7) is 17.5. The van der Waals surface area contributed by atoms with Gasteiger partial charge in [-0.15, -0.1) is 25.7 Å². The maximum Gasteiger partial charge on any atom is 0.202 e. The van der Waals surface area contributed by atoms with Gasteiger partial charge in [-0.3, -0.25) is 19.2 Å². The number of fused-ring (bicyclic) bond motifs is 8. The fourth-order valence-corrected chi connectivity index (χ4v) is 24.6. The SMILES string of the molecule is C#Cc1cnc(C(=O)Cc2ccc(C3(O)C[C@@]4(CO)C=C[C@@](CO)(C3)O4)cc2C2=CCC(C)(C)CC2)[nH]1.C#Cc1cnc(C(=O)Cc2ccc(C3(O)C[C@@]4(CO)C=C[C@@](CO)(C3)O4)cc2C2=CCC(C)(C)CC2)[nH]1.C#Cc1cnc(C(=O)Cc2ccc(C3(O)C[C@@]4(COC)C=C[C@@](COC)(C3)O4)cc2C2=CCC(C)(C)CC2)[nH]1.C#Cc1cnc(C(=O)Cc2ccc(C3C[C@]4(CO)CC[C@](CO)(C3)O4)cc2C2=CCC(C)(C)CC2)[nH]1. The number of ketones is 4. The molecule has 4 aliphatic carbocycles. The van der Waals surface area contributed by atoms with Crippen LogP contribution in [0.2, 0.25) is 0 Å². The highest BCUT2D eigenvalue weighted by Gasteiger charge is 2.62. The van der Waals surface area contributed by atoms with Crippen molar-refractivity contribution in [1.82, 2.24) is 39.9 Å². The first-order valence-corrected chi connectivity index (χ1v) is 52.0. The molecule has 13 N–H and O–H groups in total. The zero-order valence-corrected chi connectivity index (χ0v) is 87.3.